The average molecular weight is 280 g/mol. The van der Waals surface area contributed by atoms with Gasteiger partial charge in [-0.15, -0.1) is 6.58 Å². The van der Waals surface area contributed by atoms with Crippen LogP contribution in [0.2, 0.25) is 18.1 Å². The van der Waals surface area contributed by atoms with Gasteiger partial charge in [0.2, 0.25) is 11.6 Å². The third-order valence-electron chi connectivity index (χ3n) is 5.35. The molecule has 0 aromatic rings. The van der Waals surface area contributed by atoms with Gasteiger partial charge in [0.25, 0.3) is 0 Å². The first-order valence-electron chi connectivity index (χ1n) is 7.42. The van der Waals surface area contributed by atoms with E-state index in [0.29, 0.717) is 0 Å². The third-order valence-corrected chi connectivity index (χ3v) is 10.0. The van der Waals surface area contributed by atoms with Gasteiger partial charge in [-0.3, -0.25) is 9.59 Å². The molecule has 0 amide bonds. The molecule has 0 heterocycles. The zero-order chi connectivity index (χ0) is 14.3. The zero-order valence-electron chi connectivity index (χ0n) is 12.2. The number of carbonyl (C=O) groups excluding carboxylic acids is 2. The maximum Gasteiger partial charge on any atom is 0.205 e. The number of hydrogen-bond acceptors (Lipinski definition) is 3. The summed E-state index contributed by atoms with van der Waals surface area (Å²) in [6, 6.07) is 3.08. The molecule has 0 spiro atoms. The van der Waals surface area contributed by atoms with Gasteiger partial charge in [-0.25, -0.2) is 0 Å². The molecule has 4 heteroatoms. The zero-order valence-corrected chi connectivity index (χ0v) is 13.2. The highest BCUT2D eigenvalue weighted by Gasteiger charge is 2.65. The molecule has 0 aromatic heterocycles. The van der Waals surface area contributed by atoms with Crippen LogP contribution < -0.4 is 0 Å². The molecule has 19 heavy (non-hydrogen) atoms. The summed E-state index contributed by atoms with van der Waals surface area (Å²) in [4.78, 5) is 24.1. The first kappa shape index (κ1) is 14.7. The Labute approximate surface area is 116 Å². The minimum absolute atomic E-state index is 0.220. The van der Waals surface area contributed by atoms with Crippen molar-refractivity contribution in [1.82, 2.24) is 0 Å². The predicted molar refractivity (Wildman–Crippen MR) is 77.4 cm³/mol. The van der Waals surface area contributed by atoms with Crippen molar-refractivity contribution in [2.24, 2.45) is 11.8 Å². The van der Waals surface area contributed by atoms with Crippen molar-refractivity contribution < 1.29 is 14.0 Å². The van der Waals surface area contributed by atoms with Crippen molar-refractivity contribution in [2.45, 2.75) is 57.3 Å². The van der Waals surface area contributed by atoms with Gasteiger partial charge in [0.1, 0.15) is 0 Å². The molecule has 1 unspecified atom stereocenters. The van der Waals surface area contributed by atoms with E-state index in [9.17, 15) is 9.59 Å². The quantitative estimate of drug-likeness (QED) is 0.426. The Morgan fingerprint density at radius 1 is 1.16 bits per heavy atom. The minimum atomic E-state index is -1.85. The van der Waals surface area contributed by atoms with Crippen LogP contribution in [0.3, 0.4) is 0 Å². The molecule has 2 rings (SSSR count). The second-order valence-electron chi connectivity index (χ2n) is 5.81. The summed E-state index contributed by atoms with van der Waals surface area (Å²) in [5.41, 5.74) is -0.678. The first-order valence-corrected chi connectivity index (χ1v) is 9.95. The maximum absolute atomic E-state index is 12.0. The van der Waals surface area contributed by atoms with Gasteiger partial charge in [0.15, 0.2) is 8.32 Å². The predicted octanol–water partition coefficient (Wildman–Crippen LogP) is 3.11. The van der Waals surface area contributed by atoms with Crippen molar-refractivity contribution in [3.05, 3.63) is 12.7 Å². The van der Waals surface area contributed by atoms with Crippen LogP contribution in [-0.2, 0) is 14.0 Å². The number of rotatable bonds is 6. The fourth-order valence-electron chi connectivity index (χ4n) is 3.85. The van der Waals surface area contributed by atoms with Crippen LogP contribution in [0.15, 0.2) is 12.7 Å². The normalized spacial score (nSPS) is 34.1. The SMILES string of the molecule is C=CC1(O[Si](CC)(CC)CC)[C@@H]2CC[C@H]1C(=O)C2=O. The number of hydrogen-bond donors (Lipinski definition) is 0. The highest BCUT2D eigenvalue weighted by atomic mass is 28.4. The molecule has 0 N–H and O–H groups in total. The van der Waals surface area contributed by atoms with Gasteiger partial charge >= 0.3 is 0 Å². The summed E-state index contributed by atoms with van der Waals surface area (Å²) in [6.45, 7) is 10.4. The average Bonchev–Trinajstić information content (AvgIpc) is 2.89. The lowest BCUT2D eigenvalue weighted by atomic mass is 9.92. The van der Waals surface area contributed by atoms with E-state index >= 15 is 0 Å². The van der Waals surface area contributed by atoms with Crippen LogP contribution in [0.25, 0.3) is 0 Å². The highest BCUT2D eigenvalue weighted by Crippen LogP contribution is 2.53. The number of carbonyl (C=O) groups is 2. The molecule has 3 atom stereocenters. The van der Waals surface area contributed by atoms with E-state index in [0.717, 1.165) is 31.0 Å². The summed E-state index contributed by atoms with van der Waals surface area (Å²) in [5, 5.41) is 0. The summed E-state index contributed by atoms with van der Waals surface area (Å²) < 4.78 is 6.59. The number of Topliss-reactive ketones (excluding diaryl/α,β-unsaturated/α-hetero) is 2. The number of ketones is 2. The largest absolute Gasteiger partial charge is 0.406 e. The molecule has 2 saturated carbocycles. The molecule has 2 bridgehead atoms. The molecule has 2 aliphatic rings. The smallest absolute Gasteiger partial charge is 0.205 e. The molecular weight excluding hydrogens is 256 g/mol. The van der Waals surface area contributed by atoms with Gasteiger partial charge in [0.05, 0.1) is 17.4 Å². The van der Waals surface area contributed by atoms with Crippen LogP contribution in [0, 0.1) is 11.8 Å². The van der Waals surface area contributed by atoms with Crippen LogP contribution in [0.5, 0.6) is 0 Å². The van der Waals surface area contributed by atoms with E-state index < -0.39 is 13.9 Å². The lowest BCUT2D eigenvalue weighted by molar-refractivity contribution is -0.138. The van der Waals surface area contributed by atoms with Crippen LogP contribution in [0.4, 0.5) is 0 Å². The summed E-state index contributed by atoms with van der Waals surface area (Å²) in [6.07, 6.45) is 3.33. The molecule has 0 radical (unpaired) electrons. The van der Waals surface area contributed by atoms with Gasteiger partial charge in [-0.1, -0.05) is 26.8 Å². The molecule has 0 aromatic carbocycles. The standard InChI is InChI=1S/C15H24O3Si/c1-5-15(18-19(6-2,7-3)8-4)11-9-10-12(15)14(17)13(11)16/h5,11-12H,1,6-10H2,2-4H3/t11-,12+,15?. The van der Waals surface area contributed by atoms with Gasteiger partial charge in [-0.05, 0) is 31.0 Å². The second-order valence-corrected chi connectivity index (χ2v) is 10.5. The Kier molecular flexibility index (Phi) is 3.84. The summed E-state index contributed by atoms with van der Waals surface area (Å²) >= 11 is 0. The second kappa shape index (κ2) is 4.98. The Morgan fingerprint density at radius 2 is 1.58 bits per heavy atom. The highest BCUT2D eigenvalue weighted by molar-refractivity contribution is 6.73. The molecule has 2 aliphatic carbocycles. The molecule has 0 aliphatic heterocycles. The molecule has 2 fully saturated rings. The van der Waals surface area contributed by atoms with E-state index in [4.69, 9.17) is 4.43 Å². The molecular formula is C15H24O3Si. The van der Waals surface area contributed by atoms with E-state index in [-0.39, 0.29) is 23.4 Å². The lowest BCUT2D eigenvalue weighted by Gasteiger charge is -2.40. The number of fused-ring (bicyclic) bond motifs is 2. The van der Waals surface area contributed by atoms with Crippen LogP contribution >= 0.6 is 0 Å². The monoisotopic (exact) mass is 280 g/mol. The fraction of sp³-hybridized carbons (Fsp3) is 0.733. The van der Waals surface area contributed by atoms with Gasteiger partial charge < -0.3 is 4.43 Å². The Hall–Kier alpha value is -0.743. The fourth-order valence-corrected chi connectivity index (χ4v) is 6.90. The Bertz CT molecular complexity index is 381. The van der Waals surface area contributed by atoms with Crippen molar-refractivity contribution in [3.63, 3.8) is 0 Å². The maximum atomic E-state index is 12.0. The third kappa shape index (κ3) is 1.88. The lowest BCUT2D eigenvalue weighted by Crippen LogP contribution is -2.49. The van der Waals surface area contributed by atoms with E-state index in [1.54, 1.807) is 6.08 Å². The van der Waals surface area contributed by atoms with E-state index in [1.807, 2.05) is 0 Å². The van der Waals surface area contributed by atoms with E-state index in [1.165, 1.54) is 0 Å². The van der Waals surface area contributed by atoms with Crippen molar-refractivity contribution in [3.8, 4) is 0 Å². The Balaban J connectivity index is 2.38. The molecule has 0 saturated heterocycles. The van der Waals surface area contributed by atoms with Gasteiger partial charge in [0, 0.05) is 0 Å². The summed E-state index contributed by atoms with van der Waals surface area (Å²) in [7, 11) is -1.85. The topological polar surface area (TPSA) is 43.4 Å². The Morgan fingerprint density at radius 3 is 1.89 bits per heavy atom. The van der Waals surface area contributed by atoms with Crippen LogP contribution in [-0.4, -0.2) is 25.5 Å². The van der Waals surface area contributed by atoms with Crippen molar-refractivity contribution in [2.75, 3.05) is 0 Å². The molecule has 3 nitrogen and oxygen atoms in total. The van der Waals surface area contributed by atoms with Crippen molar-refractivity contribution >= 4 is 19.9 Å². The van der Waals surface area contributed by atoms with E-state index in [2.05, 4.69) is 27.4 Å². The van der Waals surface area contributed by atoms with Gasteiger partial charge in [-0.2, -0.15) is 0 Å². The summed E-state index contributed by atoms with van der Waals surface area (Å²) in [5.74, 6) is -0.970. The van der Waals surface area contributed by atoms with Crippen LogP contribution in [0.1, 0.15) is 33.6 Å². The first-order chi connectivity index (χ1) is 9.00. The van der Waals surface area contributed by atoms with Crippen molar-refractivity contribution in [1.29, 1.82) is 0 Å². The minimum Gasteiger partial charge on any atom is -0.406 e. The molecule has 106 valence electrons.